The highest BCUT2D eigenvalue weighted by Gasteiger charge is 2.82. The number of nitriles is 1. The van der Waals surface area contributed by atoms with Crippen LogP contribution < -0.4 is 5.73 Å². The van der Waals surface area contributed by atoms with Crippen LogP contribution in [0.3, 0.4) is 0 Å². The first-order chi connectivity index (χ1) is 12.3. The Morgan fingerprint density at radius 3 is 2.58 bits per heavy atom. The molecule has 2 fully saturated rings. The smallest absolute Gasteiger partial charge is 0.310 e. The molecule has 1 aromatic carbocycles. The average Bonchev–Trinajstić information content (AvgIpc) is 3.15. The molecule has 0 radical (unpaired) electrons. The van der Waals surface area contributed by atoms with Gasteiger partial charge < -0.3 is 10.8 Å². The maximum Gasteiger partial charge on any atom is 0.310 e. The largest absolute Gasteiger partial charge is 0.481 e. The van der Waals surface area contributed by atoms with Crippen LogP contribution in [-0.4, -0.2) is 23.4 Å². The van der Waals surface area contributed by atoms with Gasteiger partial charge in [-0.2, -0.15) is 5.26 Å². The molecule has 5 atom stereocenters. The van der Waals surface area contributed by atoms with Crippen molar-refractivity contribution in [1.82, 2.24) is 0 Å². The lowest BCUT2D eigenvalue weighted by Crippen LogP contribution is -2.45. The fourth-order valence-corrected chi connectivity index (χ4v) is 5.64. The van der Waals surface area contributed by atoms with Crippen LogP contribution in [0.5, 0.6) is 0 Å². The monoisotopic (exact) mass is 354 g/mol. The maximum atomic E-state index is 12.8. The lowest BCUT2D eigenvalue weighted by molar-refractivity contribution is -0.146. The van der Waals surface area contributed by atoms with E-state index >= 15 is 0 Å². The molecule has 2 aliphatic rings. The van der Waals surface area contributed by atoms with Crippen LogP contribution in [0.1, 0.15) is 36.5 Å². The summed E-state index contributed by atoms with van der Waals surface area (Å²) >= 11 is 0. The van der Waals surface area contributed by atoms with Gasteiger partial charge >= 0.3 is 5.97 Å². The third-order valence-electron chi connectivity index (χ3n) is 6.96. The Hall–Kier alpha value is -2.19. The molecular formula is C21H26N2O3. The van der Waals surface area contributed by atoms with E-state index in [1.54, 1.807) is 0 Å². The quantitative estimate of drug-likeness (QED) is 0.817. The van der Waals surface area contributed by atoms with Crippen LogP contribution in [-0.2, 0) is 16.0 Å². The summed E-state index contributed by atoms with van der Waals surface area (Å²) < 4.78 is 0. The van der Waals surface area contributed by atoms with Crippen molar-refractivity contribution in [3.05, 3.63) is 34.9 Å². The third kappa shape index (κ3) is 2.25. The van der Waals surface area contributed by atoms with Gasteiger partial charge in [0.15, 0.2) is 5.78 Å². The molecule has 0 saturated heterocycles. The Kier molecular flexibility index (Phi) is 4.44. The van der Waals surface area contributed by atoms with Crippen molar-refractivity contribution >= 4 is 11.8 Å². The number of aliphatic carboxylic acids is 1. The predicted molar refractivity (Wildman–Crippen MR) is 97.2 cm³/mol. The Morgan fingerprint density at radius 1 is 1.38 bits per heavy atom. The van der Waals surface area contributed by atoms with Crippen molar-refractivity contribution in [3.8, 4) is 6.07 Å². The summed E-state index contributed by atoms with van der Waals surface area (Å²) in [5.41, 5.74) is 6.84. The molecule has 26 heavy (non-hydrogen) atoms. The first kappa shape index (κ1) is 18.6. The molecule has 1 aromatic rings. The number of benzene rings is 1. The summed E-state index contributed by atoms with van der Waals surface area (Å²) in [5.74, 6) is -1.91. The zero-order valence-electron chi connectivity index (χ0n) is 15.6. The van der Waals surface area contributed by atoms with E-state index in [0.717, 1.165) is 11.1 Å². The van der Waals surface area contributed by atoms with E-state index in [1.165, 1.54) is 5.56 Å². The molecule has 138 valence electrons. The summed E-state index contributed by atoms with van der Waals surface area (Å²) in [6.45, 7) is 5.67. The fraction of sp³-hybridized carbons (Fsp3) is 0.571. The van der Waals surface area contributed by atoms with Gasteiger partial charge in [0.25, 0.3) is 0 Å². The molecule has 2 saturated carbocycles. The fourth-order valence-electron chi connectivity index (χ4n) is 5.64. The standard InChI is InChI=1S/C21H26N2O3/c1-4-20(19(25)26)16-9-15(8-14-6-5-12(2)7-13(14)3)21(11-23,18(16)20)17(24)10-22/h5-7,15-16,18H,4,8-10,22H2,1-3H3,(H,25,26). The second-order valence-electron chi connectivity index (χ2n) is 7.96. The summed E-state index contributed by atoms with van der Waals surface area (Å²) in [4.78, 5) is 24.8. The molecule has 3 N–H and O–H groups in total. The van der Waals surface area contributed by atoms with E-state index in [1.807, 2.05) is 32.9 Å². The number of carbonyl (C=O) groups is 2. The Labute approximate surface area is 154 Å². The normalized spacial score (nSPS) is 34.8. The summed E-state index contributed by atoms with van der Waals surface area (Å²) in [6.07, 6.45) is 1.64. The Morgan fingerprint density at radius 2 is 2.08 bits per heavy atom. The number of nitrogens with two attached hydrogens (primary N) is 1. The van der Waals surface area contributed by atoms with Crippen molar-refractivity contribution in [2.75, 3.05) is 6.54 Å². The van der Waals surface area contributed by atoms with E-state index < -0.39 is 22.7 Å². The zero-order chi connectivity index (χ0) is 19.3. The number of nitrogens with zero attached hydrogens (tertiary/aromatic N) is 1. The molecule has 0 heterocycles. The lowest BCUT2D eigenvalue weighted by Gasteiger charge is -2.34. The first-order valence-corrected chi connectivity index (χ1v) is 9.23. The van der Waals surface area contributed by atoms with Crippen molar-refractivity contribution < 1.29 is 14.7 Å². The highest BCUT2D eigenvalue weighted by Crippen LogP contribution is 2.77. The number of carboxylic acids is 1. The van der Waals surface area contributed by atoms with E-state index in [2.05, 4.69) is 12.1 Å². The topological polar surface area (TPSA) is 104 Å². The first-order valence-electron chi connectivity index (χ1n) is 9.23. The maximum absolute atomic E-state index is 12.8. The van der Waals surface area contributed by atoms with Crippen molar-refractivity contribution in [1.29, 1.82) is 5.26 Å². The van der Waals surface area contributed by atoms with E-state index in [-0.39, 0.29) is 24.2 Å². The van der Waals surface area contributed by atoms with Gasteiger partial charge in [0.2, 0.25) is 0 Å². The minimum Gasteiger partial charge on any atom is -0.481 e. The highest BCUT2D eigenvalue weighted by atomic mass is 16.4. The van der Waals surface area contributed by atoms with Crippen molar-refractivity contribution in [2.24, 2.45) is 34.3 Å². The number of rotatable bonds is 6. The van der Waals surface area contributed by atoms with Crippen LogP contribution in [0.15, 0.2) is 18.2 Å². The number of hydrogen-bond donors (Lipinski definition) is 2. The molecule has 2 aliphatic carbocycles. The Bertz CT molecular complexity index is 812. The van der Waals surface area contributed by atoms with Crippen LogP contribution in [0, 0.1) is 53.8 Å². The second kappa shape index (κ2) is 6.21. The minimum absolute atomic E-state index is 0.115. The van der Waals surface area contributed by atoms with Crippen LogP contribution in [0.2, 0.25) is 0 Å². The number of carboxylic acid groups (broad SMARTS) is 1. The molecule has 0 spiro atoms. The summed E-state index contributed by atoms with van der Waals surface area (Å²) in [5, 5.41) is 19.9. The minimum atomic E-state index is -1.29. The predicted octanol–water partition coefficient (Wildman–Crippen LogP) is 2.63. The van der Waals surface area contributed by atoms with Crippen LogP contribution >= 0.6 is 0 Å². The number of carbonyl (C=O) groups excluding carboxylic acids is 1. The van der Waals surface area contributed by atoms with Gasteiger partial charge in [0, 0.05) is 5.92 Å². The summed E-state index contributed by atoms with van der Waals surface area (Å²) in [6, 6.07) is 8.45. The molecule has 0 aliphatic heterocycles. The number of ketones is 1. The molecule has 0 amide bonds. The summed E-state index contributed by atoms with van der Waals surface area (Å²) in [7, 11) is 0. The van der Waals surface area contributed by atoms with Gasteiger partial charge in [-0.25, -0.2) is 0 Å². The van der Waals surface area contributed by atoms with E-state index in [0.29, 0.717) is 19.3 Å². The van der Waals surface area contributed by atoms with Gasteiger partial charge in [0.05, 0.1) is 18.0 Å². The number of Topliss-reactive ketones (excluding diaryl/α,β-unsaturated/α-hetero) is 1. The second-order valence-corrected chi connectivity index (χ2v) is 7.96. The zero-order valence-corrected chi connectivity index (χ0v) is 15.6. The number of aryl methyl sites for hydroxylation is 2. The van der Waals surface area contributed by atoms with Gasteiger partial charge in [0.1, 0.15) is 5.41 Å². The number of hydrogen-bond acceptors (Lipinski definition) is 4. The number of fused-ring (bicyclic) bond motifs is 1. The van der Waals surface area contributed by atoms with Crippen LogP contribution in [0.4, 0.5) is 0 Å². The van der Waals surface area contributed by atoms with Gasteiger partial charge in [-0.05, 0) is 56.1 Å². The molecule has 5 unspecified atom stereocenters. The van der Waals surface area contributed by atoms with Gasteiger partial charge in [-0.1, -0.05) is 30.7 Å². The van der Waals surface area contributed by atoms with Crippen LogP contribution in [0.25, 0.3) is 0 Å². The molecule has 0 bridgehead atoms. The van der Waals surface area contributed by atoms with Gasteiger partial charge in [-0.15, -0.1) is 0 Å². The molecule has 0 aromatic heterocycles. The van der Waals surface area contributed by atoms with Crippen molar-refractivity contribution in [3.63, 3.8) is 0 Å². The SMILES string of the molecule is CCC1(C(=O)O)C2CC(Cc3ccc(C)cc3C)C(C#N)(C(=O)CN)C21. The molecular weight excluding hydrogens is 328 g/mol. The Balaban J connectivity index is 2.01. The lowest BCUT2D eigenvalue weighted by atomic mass is 9.65. The van der Waals surface area contributed by atoms with E-state index in [4.69, 9.17) is 5.73 Å². The average molecular weight is 354 g/mol. The van der Waals surface area contributed by atoms with Gasteiger partial charge in [-0.3, -0.25) is 9.59 Å². The molecule has 3 rings (SSSR count). The van der Waals surface area contributed by atoms with E-state index in [9.17, 15) is 20.0 Å². The van der Waals surface area contributed by atoms with Crippen molar-refractivity contribution in [2.45, 2.75) is 40.0 Å². The highest BCUT2D eigenvalue weighted by molar-refractivity contribution is 5.94. The third-order valence-corrected chi connectivity index (χ3v) is 6.96. The molecule has 5 nitrogen and oxygen atoms in total. The molecule has 5 heteroatoms.